The summed E-state index contributed by atoms with van der Waals surface area (Å²) in [7, 11) is 6.15. The van der Waals surface area contributed by atoms with Crippen LogP contribution in [0.3, 0.4) is 0 Å². The van der Waals surface area contributed by atoms with Gasteiger partial charge in [-0.2, -0.15) is 0 Å². The maximum absolute atomic E-state index is 12.5. The number of benzene rings is 1. The molecule has 4 rings (SSSR count). The zero-order valence-electron chi connectivity index (χ0n) is 20.6. The number of aromatic nitrogens is 4. The number of pyridine rings is 1. The molecule has 0 radical (unpaired) electrons. The van der Waals surface area contributed by atoms with Gasteiger partial charge in [0.1, 0.15) is 0 Å². The number of halogens is 1. The van der Waals surface area contributed by atoms with E-state index >= 15 is 0 Å². The van der Waals surface area contributed by atoms with E-state index in [1.807, 2.05) is 37.5 Å². The number of carbonyl (C=O) groups excluding carboxylic acids is 1. The van der Waals surface area contributed by atoms with Gasteiger partial charge in [-0.3, -0.25) is 14.2 Å². The van der Waals surface area contributed by atoms with Crippen molar-refractivity contribution >= 4 is 34.4 Å². The van der Waals surface area contributed by atoms with E-state index in [2.05, 4.69) is 34.2 Å². The smallest absolute Gasteiger partial charge is 0.255 e. The molecule has 0 aliphatic carbocycles. The van der Waals surface area contributed by atoms with Crippen molar-refractivity contribution in [3.63, 3.8) is 0 Å². The van der Waals surface area contributed by atoms with Crippen LogP contribution < -0.4 is 10.5 Å². The summed E-state index contributed by atoms with van der Waals surface area (Å²) >= 11 is 7.24. The van der Waals surface area contributed by atoms with Crippen LogP contribution in [0.15, 0.2) is 65.7 Å². The number of Topliss-reactive ketones (excluding diaryl/α,β-unsaturated/α-hetero) is 1. The fraction of sp³-hybridized carbons (Fsp3) is 0.308. The maximum Gasteiger partial charge on any atom is 0.255 e. The molecule has 0 amide bonds. The molecule has 3 aromatic heterocycles. The molecule has 0 N–H and O–H groups in total. The largest absolute Gasteiger partial charge is 0.373 e. The Morgan fingerprint density at radius 1 is 1.08 bits per heavy atom. The molecule has 0 saturated heterocycles. The van der Waals surface area contributed by atoms with Gasteiger partial charge in [0.05, 0.1) is 38.2 Å². The van der Waals surface area contributed by atoms with Crippen LogP contribution in [0.2, 0.25) is 4.34 Å². The Morgan fingerprint density at radius 3 is 2.64 bits per heavy atom. The van der Waals surface area contributed by atoms with Crippen LogP contribution in [0.4, 0.5) is 5.69 Å². The first-order chi connectivity index (χ1) is 17.3. The Kier molecular flexibility index (Phi) is 8.35. The Morgan fingerprint density at radius 2 is 1.92 bits per heavy atom. The third kappa shape index (κ3) is 6.29. The molecule has 0 aliphatic rings. The molecular formula is C26H29ClN6O2S. The molecule has 0 aliphatic heterocycles. The molecule has 0 saturated carbocycles. The van der Waals surface area contributed by atoms with Crippen molar-refractivity contribution in [2.24, 2.45) is 0 Å². The molecule has 0 bridgehead atoms. The second kappa shape index (κ2) is 11.6. The number of nitrogens with zero attached hydrogens (tertiary/aromatic N) is 6. The summed E-state index contributed by atoms with van der Waals surface area (Å²) in [6.45, 7) is 1.80. The lowest BCUT2D eigenvalue weighted by Gasteiger charge is -2.24. The Hall–Kier alpha value is -3.27. The van der Waals surface area contributed by atoms with Gasteiger partial charge in [-0.1, -0.05) is 22.9 Å². The maximum atomic E-state index is 12.5. The first-order valence-electron chi connectivity index (χ1n) is 11.7. The van der Waals surface area contributed by atoms with Gasteiger partial charge in [0.15, 0.2) is 5.78 Å². The van der Waals surface area contributed by atoms with E-state index in [1.54, 1.807) is 39.7 Å². The number of hydrogen-bond acceptors (Lipinski definition) is 7. The summed E-state index contributed by atoms with van der Waals surface area (Å²) in [6, 6.07) is 14.5. The van der Waals surface area contributed by atoms with Gasteiger partial charge >= 0.3 is 0 Å². The van der Waals surface area contributed by atoms with Crippen molar-refractivity contribution in [1.29, 1.82) is 0 Å². The number of ketones is 1. The fourth-order valence-corrected chi connectivity index (χ4v) is 4.92. The summed E-state index contributed by atoms with van der Waals surface area (Å²) in [5.41, 5.74) is 3.20. The summed E-state index contributed by atoms with van der Waals surface area (Å²) in [4.78, 5) is 29.9. The Balaban J connectivity index is 1.59. The topological polar surface area (TPSA) is 76.3 Å². The zero-order chi connectivity index (χ0) is 25.7. The van der Waals surface area contributed by atoms with Gasteiger partial charge in [-0.25, -0.2) is 4.68 Å². The molecule has 8 nitrogen and oxygen atoms in total. The van der Waals surface area contributed by atoms with Crippen molar-refractivity contribution in [3.8, 4) is 11.4 Å². The lowest BCUT2D eigenvalue weighted by molar-refractivity contribution is 0.0986. The second-order valence-corrected chi connectivity index (χ2v) is 10.6. The fourth-order valence-electron chi connectivity index (χ4n) is 3.91. The lowest BCUT2D eigenvalue weighted by Crippen LogP contribution is -2.25. The number of carbonyl (C=O) groups is 1. The molecule has 36 heavy (non-hydrogen) atoms. The monoisotopic (exact) mass is 524 g/mol. The van der Waals surface area contributed by atoms with E-state index in [-0.39, 0.29) is 11.3 Å². The highest BCUT2D eigenvalue weighted by atomic mass is 35.5. The lowest BCUT2D eigenvalue weighted by atomic mass is 10.1. The number of rotatable bonds is 11. The van der Waals surface area contributed by atoms with Crippen LogP contribution in [0.1, 0.15) is 28.2 Å². The normalized spacial score (nSPS) is 11.2. The van der Waals surface area contributed by atoms with Crippen molar-refractivity contribution in [2.75, 3.05) is 39.1 Å². The van der Waals surface area contributed by atoms with Crippen molar-refractivity contribution in [2.45, 2.75) is 19.3 Å². The predicted octanol–water partition coefficient (Wildman–Crippen LogP) is 4.34. The minimum Gasteiger partial charge on any atom is -0.373 e. The van der Waals surface area contributed by atoms with Crippen LogP contribution >= 0.6 is 22.9 Å². The van der Waals surface area contributed by atoms with Gasteiger partial charge in [0.2, 0.25) is 0 Å². The highest BCUT2D eigenvalue weighted by molar-refractivity contribution is 7.18. The van der Waals surface area contributed by atoms with Gasteiger partial charge in [0.25, 0.3) is 5.56 Å². The van der Waals surface area contributed by atoms with Gasteiger partial charge in [0, 0.05) is 38.7 Å². The standard InChI is InChI=1S/C26H29ClN6O2S/c1-30(2)14-6-15-31(3)22-17-20(32-16-5-4-7-26(32)35)9-10-21(22)33-18-19(28-29-33)8-11-23(34)24-12-13-25(27)36-24/h4-5,7,9-10,12-13,16-18H,6,8,11,14-15H2,1-3H3. The van der Waals surface area contributed by atoms with Gasteiger partial charge < -0.3 is 9.80 Å². The van der Waals surface area contributed by atoms with Gasteiger partial charge in [-0.15, -0.1) is 16.4 Å². The number of anilines is 1. The van der Waals surface area contributed by atoms with E-state index in [1.165, 1.54) is 11.3 Å². The molecule has 3 heterocycles. The molecule has 10 heteroatoms. The van der Waals surface area contributed by atoms with Crippen LogP contribution in [0.5, 0.6) is 0 Å². The van der Waals surface area contributed by atoms with E-state index < -0.39 is 0 Å². The minimum absolute atomic E-state index is 0.0421. The molecule has 1 aromatic carbocycles. The SMILES string of the molecule is CN(C)CCCN(C)c1cc(-n2ccccc2=O)ccc1-n1cc(CCC(=O)c2ccc(Cl)s2)nn1. The third-order valence-corrected chi connectivity index (χ3v) is 7.09. The highest BCUT2D eigenvalue weighted by Gasteiger charge is 2.15. The first kappa shape index (κ1) is 25.8. The predicted molar refractivity (Wildman–Crippen MR) is 145 cm³/mol. The quantitative estimate of drug-likeness (QED) is 0.272. The van der Waals surface area contributed by atoms with Crippen molar-refractivity contribution in [1.82, 2.24) is 24.5 Å². The van der Waals surface area contributed by atoms with Gasteiger partial charge in [-0.05, 0) is 63.5 Å². The summed E-state index contributed by atoms with van der Waals surface area (Å²) in [6.07, 6.45) is 5.42. The minimum atomic E-state index is -0.0915. The molecule has 0 fully saturated rings. The average Bonchev–Trinajstić information content (AvgIpc) is 3.51. The van der Waals surface area contributed by atoms with E-state index in [9.17, 15) is 9.59 Å². The van der Waals surface area contributed by atoms with Crippen LogP contribution in [0, 0.1) is 0 Å². The molecule has 4 aromatic rings. The van der Waals surface area contributed by atoms with E-state index in [0.29, 0.717) is 22.1 Å². The van der Waals surface area contributed by atoms with Crippen molar-refractivity contribution < 1.29 is 4.79 Å². The molecular weight excluding hydrogens is 496 g/mol. The van der Waals surface area contributed by atoms with E-state index in [4.69, 9.17) is 11.6 Å². The van der Waals surface area contributed by atoms with Crippen molar-refractivity contribution in [3.05, 3.63) is 86.2 Å². The molecule has 0 unspecified atom stereocenters. The van der Waals surface area contributed by atoms with E-state index in [0.717, 1.165) is 42.3 Å². The number of thiophene rings is 1. The number of aryl methyl sites for hydroxylation is 1. The van der Waals surface area contributed by atoms with Crippen LogP contribution in [0.25, 0.3) is 11.4 Å². The Labute approximate surface area is 219 Å². The summed E-state index contributed by atoms with van der Waals surface area (Å²) in [5.74, 6) is 0.0421. The van der Waals surface area contributed by atoms with Crippen LogP contribution in [-0.4, -0.2) is 64.5 Å². The Bertz CT molecular complexity index is 1390. The molecule has 0 atom stereocenters. The second-order valence-electron chi connectivity index (χ2n) is 8.84. The third-order valence-electron chi connectivity index (χ3n) is 5.81. The zero-order valence-corrected chi connectivity index (χ0v) is 22.2. The summed E-state index contributed by atoms with van der Waals surface area (Å²) in [5, 5.41) is 8.65. The molecule has 188 valence electrons. The average molecular weight is 525 g/mol. The first-order valence-corrected chi connectivity index (χ1v) is 12.9. The van der Waals surface area contributed by atoms with Crippen LogP contribution in [-0.2, 0) is 6.42 Å². The highest BCUT2D eigenvalue weighted by Crippen LogP contribution is 2.27. The molecule has 0 spiro atoms. The summed E-state index contributed by atoms with van der Waals surface area (Å²) < 4.78 is 3.96. The number of hydrogen-bond donors (Lipinski definition) is 0.